The molecular weight excluding hydrogens is 388 g/mol. The van der Waals surface area contributed by atoms with Crippen LogP contribution < -0.4 is 0 Å². The number of hydrogen-bond acceptors (Lipinski definition) is 3. The zero-order chi connectivity index (χ0) is 20.7. The third-order valence-corrected chi connectivity index (χ3v) is 4.20. The fraction of sp³-hybridized carbons (Fsp3) is 0.263. The first-order valence-electron chi connectivity index (χ1n) is 8.15. The highest BCUT2D eigenvalue weighted by Crippen LogP contribution is 2.40. The van der Waals surface area contributed by atoms with Crippen LogP contribution in [0.5, 0.6) is 0 Å². The van der Waals surface area contributed by atoms with E-state index in [0.29, 0.717) is 6.07 Å². The molecular formula is C19H13F6NO2. The Morgan fingerprint density at radius 2 is 1.68 bits per heavy atom. The van der Waals surface area contributed by atoms with E-state index in [0.717, 1.165) is 6.20 Å². The summed E-state index contributed by atoms with van der Waals surface area (Å²) in [6.07, 6.45) is -9.11. The molecule has 0 bridgehead atoms. The van der Waals surface area contributed by atoms with Gasteiger partial charge in [0.1, 0.15) is 0 Å². The van der Waals surface area contributed by atoms with Crippen molar-refractivity contribution < 1.29 is 35.9 Å². The van der Waals surface area contributed by atoms with Gasteiger partial charge < -0.3 is 4.74 Å². The molecule has 3 rings (SSSR count). The number of ether oxygens (including phenoxy) is 1. The Morgan fingerprint density at radius 3 is 2.25 bits per heavy atom. The molecule has 148 valence electrons. The number of pyridine rings is 1. The van der Waals surface area contributed by atoms with Crippen molar-refractivity contribution in [2.24, 2.45) is 0 Å². The van der Waals surface area contributed by atoms with Crippen molar-refractivity contribution in [2.75, 3.05) is 6.61 Å². The van der Waals surface area contributed by atoms with Crippen LogP contribution in [0.1, 0.15) is 28.4 Å². The Hall–Kier alpha value is -2.68. The highest BCUT2D eigenvalue weighted by molar-refractivity contribution is 6.18. The number of rotatable bonds is 4. The molecule has 0 unspecified atom stereocenters. The fourth-order valence-corrected chi connectivity index (χ4v) is 3.07. The van der Waals surface area contributed by atoms with Gasteiger partial charge in [-0.05, 0) is 18.4 Å². The summed E-state index contributed by atoms with van der Waals surface area (Å²) in [6.45, 7) is 1.32. The summed E-state index contributed by atoms with van der Waals surface area (Å²) in [7, 11) is 0. The van der Waals surface area contributed by atoms with Crippen LogP contribution in [0, 0.1) is 0 Å². The Bertz CT molecular complexity index is 1060. The quantitative estimate of drug-likeness (QED) is 0.320. The zero-order valence-corrected chi connectivity index (χ0v) is 14.4. The molecule has 0 aliphatic rings. The summed E-state index contributed by atoms with van der Waals surface area (Å²) in [4.78, 5) is 15.9. The molecule has 2 aromatic carbocycles. The molecule has 0 spiro atoms. The average molecular weight is 401 g/mol. The predicted octanol–water partition coefficient (Wildman–Crippen LogP) is 5.69. The Kier molecular flexibility index (Phi) is 5.05. The number of hydrogen-bond donors (Lipinski definition) is 0. The molecule has 0 amide bonds. The van der Waals surface area contributed by atoms with Gasteiger partial charge in [-0.15, -0.1) is 0 Å². The fourth-order valence-electron chi connectivity index (χ4n) is 3.07. The molecule has 0 N–H and O–H groups in total. The van der Waals surface area contributed by atoms with E-state index in [1.165, 1.54) is 24.3 Å². The summed E-state index contributed by atoms with van der Waals surface area (Å²) >= 11 is 0. The number of halogens is 6. The van der Waals surface area contributed by atoms with Gasteiger partial charge in [0, 0.05) is 34.7 Å². The lowest BCUT2D eigenvalue weighted by atomic mass is 9.93. The summed E-state index contributed by atoms with van der Waals surface area (Å²) in [6, 6.07) is 6.05. The minimum atomic E-state index is -5.23. The molecule has 1 aromatic heterocycles. The normalized spacial score (nSPS) is 12.7. The van der Waals surface area contributed by atoms with Gasteiger partial charge in [0.2, 0.25) is 0 Å². The summed E-state index contributed by atoms with van der Waals surface area (Å²) in [5.41, 5.74) is -2.46. The van der Waals surface area contributed by atoms with E-state index >= 15 is 0 Å². The standard InChI is InChI=1S/C19H13F6NO2/c1-2-28-9-10-8-26-16-12-6-4-3-5-11(12)13(17(27)19(23,24)25)7-14(16)15(10)18(20,21)22/h3-8H,2,9H2,1H3. The summed E-state index contributed by atoms with van der Waals surface area (Å²) < 4.78 is 85.5. The topological polar surface area (TPSA) is 39.2 Å². The van der Waals surface area contributed by atoms with E-state index in [4.69, 9.17) is 4.74 Å². The van der Waals surface area contributed by atoms with Gasteiger partial charge in [-0.1, -0.05) is 24.3 Å². The molecule has 0 aliphatic carbocycles. The third kappa shape index (κ3) is 3.54. The van der Waals surface area contributed by atoms with Crippen LogP contribution in [0.4, 0.5) is 26.3 Å². The Labute approximate surface area is 154 Å². The second-order valence-corrected chi connectivity index (χ2v) is 5.99. The lowest BCUT2D eigenvalue weighted by Gasteiger charge is -2.18. The van der Waals surface area contributed by atoms with Gasteiger partial charge in [-0.3, -0.25) is 9.78 Å². The molecule has 9 heteroatoms. The van der Waals surface area contributed by atoms with Crippen molar-refractivity contribution in [1.29, 1.82) is 0 Å². The van der Waals surface area contributed by atoms with Gasteiger partial charge in [0.25, 0.3) is 5.78 Å². The van der Waals surface area contributed by atoms with Crippen LogP contribution >= 0.6 is 0 Å². The number of benzene rings is 2. The van der Waals surface area contributed by atoms with Crippen molar-refractivity contribution in [3.05, 3.63) is 53.2 Å². The number of carbonyl (C=O) groups excluding carboxylic acids is 1. The first-order chi connectivity index (χ1) is 13.1. The van der Waals surface area contributed by atoms with Crippen LogP contribution in [0.3, 0.4) is 0 Å². The molecule has 28 heavy (non-hydrogen) atoms. The summed E-state index contributed by atoms with van der Waals surface area (Å²) in [5.74, 6) is -2.21. The number of ketones is 1. The molecule has 0 saturated heterocycles. The first kappa shape index (κ1) is 20.1. The molecule has 0 fully saturated rings. The van der Waals surface area contributed by atoms with Crippen molar-refractivity contribution >= 4 is 27.5 Å². The zero-order valence-electron chi connectivity index (χ0n) is 14.4. The van der Waals surface area contributed by atoms with E-state index in [1.807, 2.05) is 0 Å². The number of Topliss-reactive ketones (excluding diaryl/α,β-unsaturated/α-hetero) is 1. The number of nitrogens with zero attached hydrogens (tertiary/aromatic N) is 1. The lowest BCUT2D eigenvalue weighted by Crippen LogP contribution is -2.23. The highest BCUT2D eigenvalue weighted by atomic mass is 19.4. The van der Waals surface area contributed by atoms with E-state index in [-0.39, 0.29) is 28.5 Å². The Morgan fingerprint density at radius 1 is 1.04 bits per heavy atom. The molecule has 0 aliphatic heterocycles. The van der Waals surface area contributed by atoms with E-state index in [9.17, 15) is 31.1 Å². The van der Waals surface area contributed by atoms with Crippen LogP contribution in [0.15, 0.2) is 36.5 Å². The molecule has 0 saturated carbocycles. The lowest BCUT2D eigenvalue weighted by molar-refractivity contribution is -0.137. The minimum absolute atomic E-state index is 0.0288. The van der Waals surface area contributed by atoms with Crippen LogP contribution in [-0.2, 0) is 17.5 Å². The van der Waals surface area contributed by atoms with E-state index in [2.05, 4.69) is 4.98 Å². The van der Waals surface area contributed by atoms with Crippen LogP contribution in [0.2, 0.25) is 0 Å². The SMILES string of the molecule is CCOCc1cnc2c(cc(C(=O)C(F)(F)F)c3ccccc32)c1C(F)(F)F. The van der Waals surface area contributed by atoms with Crippen molar-refractivity contribution in [3.63, 3.8) is 0 Å². The molecule has 3 aromatic rings. The number of fused-ring (bicyclic) bond motifs is 3. The van der Waals surface area contributed by atoms with Crippen molar-refractivity contribution in [2.45, 2.75) is 25.9 Å². The smallest absolute Gasteiger partial charge is 0.377 e. The number of alkyl halides is 6. The van der Waals surface area contributed by atoms with Crippen molar-refractivity contribution in [3.8, 4) is 0 Å². The molecule has 3 nitrogen and oxygen atoms in total. The third-order valence-electron chi connectivity index (χ3n) is 4.20. The van der Waals surface area contributed by atoms with E-state index < -0.39 is 41.3 Å². The highest BCUT2D eigenvalue weighted by Gasteiger charge is 2.41. The Balaban J connectivity index is 2.46. The molecule has 0 atom stereocenters. The first-order valence-corrected chi connectivity index (χ1v) is 8.15. The number of aromatic nitrogens is 1. The minimum Gasteiger partial charge on any atom is -0.377 e. The van der Waals surface area contributed by atoms with Gasteiger partial charge in [0.05, 0.1) is 17.7 Å². The molecule has 1 heterocycles. The van der Waals surface area contributed by atoms with Gasteiger partial charge in [-0.2, -0.15) is 26.3 Å². The number of carbonyl (C=O) groups is 1. The second-order valence-electron chi connectivity index (χ2n) is 5.99. The average Bonchev–Trinajstić information content (AvgIpc) is 2.62. The van der Waals surface area contributed by atoms with Crippen LogP contribution in [-0.4, -0.2) is 23.6 Å². The second kappa shape index (κ2) is 7.05. The summed E-state index contributed by atoms with van der Waals surface area (Å²) in [5, 5.41) is -0.660. The van der Waals surface area contributed by atoms with Crippen molar-refractivity contribution in [1.82, 2.24) is 4.98 Å². The van der Waals surface area contributed by atoms with Gasteiger partial charge in [-0.25, -0.2) is 0 Å². The maximum Gasteiger partial charge on any atom is 0.454 e. The van der Waals surface area contributed by atoms with Gasteiger partial charge >= 0.3 is 12.4 Å². The predicted molar refractivity (Wildman–Crippen MR) is 90.0 cm³/mol. The maximum absolute atomic E-state index is 13.8. The largest absolute Gasteiger partial charge is 0.454 e. The van der Waals surface area contributed by atoms with Crippen LogP contribution in [0.25, 0.3) is 21.7 Å². The maximum atomic E-state index is 13.8. The monoisotopic (exact) mass is 401 g/mol. The van der Waals surface area contributed by atoms with Gasteiger partial charge in [0.15, 0.2) is 0 Å². The molecule has 0 radical (unpaired) electrons. The van der Waals surface area contributed by atoms with E-state index in [1.54, 1.807) is 6.92 Å².